The lowest BCUT2D eigenvalue weighted by atomic mass is 9.81. The number of furan rings is 1. The summed E-state index contributed by atoms with van der Waals surface area (Å²) in [5.74, 6) is 0. The fourth-order valence-corrected chi connectivity index (χ4v) is 10.6. The Kier molecular flexibility index (Phi) is 7.03. The average molecular weight is 759 g/mol. The number of para-hydroxylation sites is 1. The van der Waals surface area contributed by atoms with Crippen LogP contribution in [0.1, 0.15) is 49.9 Å². The van der Waals surface area contributed by atoms with Gasteiger partial charge in [0, 0.05) is 44.2 Å². The predicted molar refractivity (Wildman–Crippen MR) is 246 cm³/mol. The van der Waals surface area contributed by atoms with Crippen LogP contribution >= 0.6 is 0 Å². The maximum absolute atomic E-state index is 6.81. The van der Waals surface area contributed by atoms with Gasteiger partial charge in [-0.2, -0.15) is 0 Å². The van der Waals surface area contributed by atoms with Crippen molar-refractivity contribution in [2.75, 3.05) is 4.90 Å². The molecule has 0 bridgehead atoms. The predicted octanol–water partition coefficient (Wildman–Crippen LogP) is 15.3. The van der Waals surface area contributed by atoms with Gasteiger partial charge >= 0.3 is 0 Å². The fourth-order valence-electron chi connectivity index (χ4n) is 10.6. The third-order valence-corrected chi connectivity index (χ3v) is 13.4. The number of anilines is 3. The minimum Gasteiger partial charge on any atom is -0.456 e. The minimum atomic E-state index is -0.159. The number of rotatable bonds is 5. The molecule has 2 heterocycles. The summed E-state index contributed by atoms with van der Waals surface area (Å²) in [6.07, 6.45) is 0. The van der Waals surface area contributed by atoms with E-state index in [1.54, 1.807) is 0 Å². The number of hydrogen-bond donors (Lipinski definition) is 0. The van der Waals surface area contributed by atoms with E-state index in [4.69, 9.17) is 4.42 Å². The van der Waals surface area contributed by atoms with E-state index in [2.05, 4.69) is 219 Å². The lowest BCUT2D eigenvalue weighted by molar-refractivity contribution is 0.658. The van der Waals surface area contributed by atoms with Crippen molar-refractivity contribution < 1.29 is 4.42 Å². The number of nitrogens with zero attached hydrogens (tertiary/aromatic N) is 2. The Morgan fingerprint density at radius 3 is 1.86 bits per heavy atom. The standard InChI is InChI=1S/C56H42N2O/c1-55(2)45-22-13-11-20-40(45)43-34-51-44(33-47(43)55)52-48(24-15-25-50(52)59-51)57(38-28-26-36(27-29-38)35-16-7-5-8-17-35)39-30-31-42-49(32-39)58(37-18-9-6-10-19-37)54-41-21-12-14-23-46(41)56(3,4)53(42)54/h5-34H,1-4H3. The third-order valence-electron chi connectivity index (χ3n) is 13.4. The highest BCUT2D eigenvalue weighted by atomic mass is 16.3. The van der Waals surface area contributed by atoms with Crippen LogP contribution in [-0.4, -0.2) is 4.57 Å². The number of benzene rings is 8. The normalized spacial score (nSPS) is 14.4. The van der Waals surface area contributed by atoms with Crippen molar-refractivity contribution in [3.05, 3.63) is 204 Å². The van der Waals surface area contributed by atoms with Crippen molar-refractivity contribution in [2.24, 2.45) is 0 Å². The average Bonchev–Trinajstić information content (AvgIpc) is 3.95. The van der Waals surface area contributed by atoms with Crippen LogP contribution in [-0.2, 0) is 10.8 Å². The lowest BCUT2D eigenvalue weighted by Crippen LogP contribution is -2.15. The van der Waals surface area contributed by atoms with Crippen LogP contribution in [0.5, 0.6) is 0 Å². The minimum absolute atomic E-state index is 0.133. The summed E-state index contributed by atoms with van der Waals surface area (Å²) >= 11 is 0. The Bertz CT molecular complexity index is 3310. The molecule has 3 nitrogen and oxygen atoms in total. The molecule has 0 amide bonds. The molecule has 3 heteroatoms. The first-order valence-corrected chi connectivity index (χ1v) is 20.7. The summed E-state index contributed by atoms with van der Waals surface area (Å²) in [5, 5.41) is 3.52. The van der Waals surface area contributed by atoms with E-state index >= 15 is 0 Å². The van der Waals surface area contributed by atoms with Gasteiger partial charge in [0.05, 0.1) is 22.3 Å². The van der Waals surface area contributed by atoms with E-state index < -0.39 is 0 Å². The molecule has 12 rings (SSSR count). The molecule has 0 unspecified atom stereocenters. The van der Waals surface area contributed by atoms with E-state index in [1.165, 1.54) is 66.7 Å². The van der Waals surface area contributed by atoms with Gasteiger partial charge in [0.1, 0.15) is 11.2 Å². The van der Waals surface area contributed by atoms with Crippen LogP contribution in [0.4, 0.5) is 17.1 Å². The Morgan fingerprint density at radius 1 is 0.458 bits per heavy atom. The number of fused-ring (bicyclic) bond motifs is 11. The second-order valence-electron chi connectivity index (χ2n) is 17.3. The molecule has 0 N–H and O–H groups in total. The molecular formula is C56H42N2O. The zero-order valence-corrected chi connectivity index (χ0v) is 33.6. The monoisotopic (exact) mass is 758 g/mol. The molecular weight excluding hydrogens is 717 g/mol. The topological polar surface area (TPSA) is 21.3 Å². The summed E-state index contributed by atoms with van der Waals surface area (Å²) in [6, 6.07) is 66.6. The van der Waals surface area contributed by atoms with Crippen molar-refractivity contribution in [1.82, 2.24) is 4.57 Å². The maximum Gasteiger partial charge on any atom is 0.137 e. The first-order chi connectivity index (χ1) is 28.8. The van der Waals surface area contributed by atoms with Crippen LogP contribution in [0.3, 0.4) is 0 Å². The summed E-state index contributed by atoms with van der Waals surface area (Å²) in [6.45, 7) is 9.45. The molecule has 2 aliphatic rings. The second-order valence-corrected chi connectivity index (χ2v) is 17.3. The van der Waals surface area contributed by atoms with Gasteiger partial charge in [0.2, 0.25) is 0 Å². The van der Waals surface area contributed by atoms with Crippen molar-refractivity contribution in [1.29, 1.82) is 0 Å². The van der Waals surface area contributed by atoms with E-state index in [9.17, 15) is 0 Å². The number of aromatic nitrogens is 1. The molecule has 2 aromatic heterocycles. The second kappa shape index (κ2) is 12.2. The van der Waals surface area contributed by atoms with Crippen LogP contribution in [0.15, 0.2) is 186 Å². The SMILES string of the molecule is CC1(C)c2ccccc2-c2cc3oc4cccc(N(c5ccc(-c6ccccc6)cc5)c5ccc6c7c(n(-c8ccccc8)c6c5)-c5ccccc5C7(C)C)c4c3cc21. The molecule has 0 aliphatic heterocycles. The van der Waals surface area contributed by atoms with Crippen LogP contribution in [0, 0.1) is 0 Å². The van der Waals surface area contributed by atoms with Crippen molar-refractivity contribution >= 4 is 49.9 Å². The first-order valence-electron chi connectivity index (χ1n) is 20.7. The number of hydrogen-bond acceptors (Lipinski definition) is 2. The Hall–Kier alpha value is -7.10. The van der Waals surface area contributed by atoms with Crippen LogP contribution < -0.4 is 4.90 Å². The molecule has 0 spiro atoms. The summed E-state index contributed by atoms with van der Waals surface area (Å²) in [5.41, 5.74) is 20.0. The van der Waals surface area contributed by atoms with Gasteiger partial charge in [0.15, 0.2) is 0 Å². The smallest absolute Gasteiger partial charge is 0.137 e. The molecule has 0 atom stereocenters. The van der Waals surface area contributed by atoms with Crippen molar-refractivity contribution in [2.45, 2.75) is 38.5 Å². The van der Waals surface area contributed by atoms with Gasteiger partial charge in [0.25, 0.3) is 0 Å². The van der Waals surface area contributed by atoms with Gasteiger partial charge in [-0.15, -0.1) is 0 Å². The molecule has 59 heavy (non-hydrogen) atoms. The molecule has 0 saturated heterocycles. The van der Waals surface area contributed by atoms with Crippen LogP contribution in [0.25, 0.3) is 72.0 Å². The van der Waals surface area contributed by atoms with E-state index in [1.807, 2.05) is 0 Å². The maximum atomic E-state index is 6.81. The first kappa shape index (κ1) is 34.0. The van der Waals surface area contributed by atoms with Crippen LogP contribution in [0.2, 0.25) is 0 Å². The van der Waals surface area contributed by atoms with E-state index in [0.717, 1.165) is 44.7 Å². The molecule has 0 radical (unpaired) electrons. The Labute approximate surface area is 344 Å². The quantitative estimate of drug-likeness (QED) is 0.174. The van der Waals surface area contributed by atoms with Gasteiger partial charge in [-0.1, -0.05) is 149 Å². The van der Waals surface area contributed by atoms with Gasteiger partial charge < -0.3 is 13.9 Å². The highest BCUT2D eigenvalue weighted by molar-refractivity contribution is 6.15. The Balaban J connectivity index is 1.13. The van der Waals surface area contributed by atoms with Gasteiger partial charge in [-0.25, -0.2) is 0 Å². The fraction of sp³-hybridized carbons (Fsp3) is 0.107. The van der Waals surface area contributed by atoms with E-state index in [0.29, 0.717) is 0 Å². The summed E-state index contributed by atoms with van der Waals surface area (Å²) in [4.78, 5) is 2.44. The molecule has 282 valence electrons. The molecule has 2 aliphatic carbocycles. The lowest BCUT2D eigenvalue weighted by Gasteiger charge is -2.27. The van der Waals surface area contributed by atoms with Crippen molar-refractivity contribution in [3.8, 4) is 39.2 Å². The highest BCUT2D eigenvalue weighted by Gasteiger charge is 2.41. The molecule has 0 saturated carbocycles. The highest BCUT2D eigenvalue weighted by Crippen LogP contribution is 2.55. The van der Waals surface area contributed by atoms with Gasteiger partial charge in [-0.05, 0) is 105 Å². The van der Waals surface area contributed by atoms with E-state index in [-0.39, 0.29) is 10.8 Å². The molecule has 0 fully saturated rings. The molecule has 10 aromatic rings. The largest absolute Gasteiger partial charge is 0.456 e. The van der Waals surface area contributed by atoms with Gasteiger partial charge in [-0.3, -0.25) is 0 Å². The zero-order valence-electron chi connectivity index (χ0n) is 33.6. The summed E-state index contributed by atoms with van der Waals surface area (Å²) < 4.78 is 9.31. The Morgan fingerprint density at radius 2 is 1.10 bits per heavy atom. The molecule has 8 aromatic carbocycles. The third kappa shape index (κ3) is 4.76. The zero-order chi connectivity index (χ0) is 39.6. The van der Waals surface area contributed by atoms with Crippen molar-refractivity contribution in [3.63, 3.8) is 0 Å². The summed E-state index contributed by atoms with van der Waals surface area (Å²) in [7, 11) is 0.